The zero-order chi connectivity index (χ0) is 6.15. The Kier molecular flexibility index (Phi) is 1.09. The van der Waals surface area contributed by atoms with Crippen molar-refractivity contribution in [3.05, 3.63) is 0 Å². The molecule has 2 atom stereocenters. The van der Waals surface area contributed by atoms with E-state index in [2.05, 4.69) is 10.6 Å². The summed E-state index contributed by atoms with van der Waals surface area (Å²) >= 11 is 0. The zero-order valence-corrected chi connectivity index (χ0v) is 4.51. The lowest BCUT2D eigenvalue weighted by atomic mass is 10.3. The molecule has 0 radical (unpaired) electrons. The molecule has 1 fully saturated rings. The highest BCUT2D eigenvalue weighted by atomic mass is 16.3. The Morgan fingerprint density at radius 1 is 1.62 bits per heavy atom. The van der Waals surface area contributed by atoms with Crippen LogP contribution < -0.4 is 10.6 Å². The molecule has 2 unspecified atom stereocenters. The van der Waals surface area contributed by atoms with Crippen molar-refractivity contribution in [1.29, 1.82) is 0 Å². The summed E-state index contributed by atoms with van der Waals surface area (Å²) in [4.78, 5) is 10.3. The highest BCUT2D eigenvalue weighted by molar-refractivity contribution is 5.76. The largest absolute Gasteiger partial charge is 0.371 e. The number of amides is 2. The second-order valence-corrected chi connectivity index (χ2v) is 1.85. The molecule has 1 aliphatic rings. The van der Waals surface area contributed by atoms with Gasteiger partial charge in [-0.05, 0) is 6.92 Å². The zero-order valence-electron chi connectivity index (χ0n) is 4.51. The van der Waals surface area contributed by atoms with Crippen LogP contribution in [0, 0.1) is 0 Å². The summed E-state index contributed by atoms with van der Waals surface area (Å²) in [5.41, 5.74) is 0. The quantitative estimate of drug-likeness (QED) is 0.380. The Morgan fingerprint density at radius 3 is 2.38 bits per heavy atom. The highest BCUT2D eigenvalue weighted by Gasteiger charge is 2.24. The fourth-order valence-electron chi connectivity index (χ4n) is 0.587. The summed E-state index contributed by atoms with van der Waals surface area (Å²) < 4.78 is 0. The summed E-state index contributed by atoms with van der Waals surface area (Å²) in [6.07, 6.45) is -0.720. The van der Waals surface area contributed by atoms with Crippen LogP contribution in [0.15, 0.2) is 0 Å². The predicted molar refractivity (Wildman–Crippen MR) is 27.1 cm³/mol. The van der Waals surface area contributed by atoms with Crippen LogP contribution >= 0.6 is 0 Å². The Hall–Kier alpha value is -0.770. The molecule has 0 bridgehead atoms. The molecule has 0 spiro atoms. The van der Waals surface area contributed by atoms with Crippen LogP contribution in [0.2, 0.25) is 0 Å². The van der Waals surface area contributed by atoms with Crippen molar-refractivity contribution in [3.8, 4) is 0 Å². The van der Waals surface area contributed by atoms with Crippen LogP contribution in [0.4, 0.5) is 4.79 Å². The number of aliphatic hydroxyl groups is 1. The average Bonchev–Trinajstić information content (AvgIpc) is 1.85. The van der Waals surface area contributed by atoms with Crippen LogP contribution in [0.1, 0.15) is 6.92 Å². The first-order valence-electron chi connectivity index (χ1n) is 2.45. The lowest BCUT2D eigenvalue weighted by molar-refractivity contribution is 0.145. The number of hydrogen-bond donors (Lipinski definition) is 3. The average molecular weight is 116 g/mol. The molecule has 4 nitrogen and oxygen atoms in total. The van der Waals surface area contributed by atoms with E-state index in [0.29, 0.717) is 0 Å². The normalized spacial score (nSPS) is 36.5. The van der Waals surface area contributed by atoms with Gasteiger partial charge in [0.15, 0.2) is 0 Å². The molecule has 4 heteroatoms. The molecule has 1 aliphatic heterocycles. The molecule has 0 aromatic carbocycles. The van der Waals surface area contributed by atoms with E-state index in [0.717, 1.165) is 0 Å². The summed E-state index contributed by atoms with van der Waals surface area (Å²) in [5, 5.41) is 13.5. The smallest absolute Gasteiger partial charge is 0.317 e. The van der Waals surface area contributed by atoms with Crippen LogP contribution in [-0.4, -0.2) is 23.4 Å². The number of rotatable bonds is 0. The van der Waals surface area contributed by atoms with Crippen molar-refractivity contribution in [3.63, 3.8) is 0 Å². The molecule has 1 heterocycles. The van der Waals surface area contributed by atoms with Gasteiger partial charge in [-0.15, -0.1) is 0 Å². The van der Waals surface area contributed by atoms with Gasteiger partial charge in [0.05, 0.1) is 6.04 Å². The van der Waals surface area contributed by atoms with Gasteiger partial charge < -0.3 is 15.7 Å². The number of aliphatic hydroxyl groups excluding tert-OH is 1. The maximum atomic E-state index is 10.3. The van der Waals surface area contributed by atoms with Gasteiger partial charge in [0.1, 0.15) is 6.23 Å². The van der Waals surface area contributed by atoms with Crippen molar-refractivity contribution in [2.75, 3.05) is 0 Å². The van der Waals surface area contributed by atoms with Crippen molar-refractivity contribution in [2.24, 2.45) is 0 Å². The highest BCUT2D eigenvalue weighted by Crippen LogP contribution is 1.94. The monoisotopic (exact) mass is 116 g/mol. The van der Waals surface area contributed by atoms with Crippen LogP contribution in [-0.2, 0) is 0 Å². The molecule has 0 aliphatic carbocycles. The maximum absolute atomic E-state index is 10.3. The van der Waals surface area contributed by atoms with E-state index in [9.17, 15) is 4.79 Å². The summed E-state index contributed by atoms with van der Waals surface area (Å²) in [7, 11) is 0. The van der Waals surface area contributed by atoms with Gasteiger partial charge >= 0.3 is 6.03 Å². The molecule has 8 heavy (non-hydrogen) atoms. The number of hydrogen-bond acceptors (Lipinski definition) is 2. The predicted octanol–water partition coefficient (Wildman–Crippen LogP) is -0.994. The van der Waals surface area contributed by atoms with Gasteiger partial charge in [-0.3, -0.25) is 0 Å². The summed E-state index contributed by atoms with van der Waals surface area (Å²) in [6.45, 7) is 1.72. The first kappa shape index (κ1) is 5.37. The Labute approximate surface area is 46.9 Å². The second kappa shape index (κ2) is 1.63. The lowest BCUT2D eigenvalue weighted by Gasteiger charge is -2.03. The van der Waals surface area contributed by atoms with Crippen molar-refractivity contribution in [1.82, 2.24) is 10.6 Å². The summed E-state index contributed by atoms with van der Waals surface area (Å²) in [5.74, 6) is 0. The molecule has 1 rings (SSSR count). The summed E-state index contributed by atoms with van der Waals surface area (Å²) in [6, 6.07) is -0.465. The minimum Gasteiger partial charge on any atom is -0.371 e. The number of carbonyl (C=O) groups excluding carboxylic acids is 1. The van der Waals surface area contributed by atoms with Crippen LogP contribution in [0.5, 0.6) is 0 Å². The molecular formula is C4H8N2O2. The standard InChI is InChI=1S/C4H8N2O2/c1-2-3(7)6-4(8)5-2/h2-3,7H,1H3,(H2,5,6,8). The van der Waals surface area contributed by atoms with Gasteiger partial charge in [-0.1, -0.05) is 0 Å². The van der Waals surface area contributed by atoms with Gasteiger partial charge in [0.25, 0.3) is 0 Å². The van der Waals surface area contributed by atoms with Crippen LogP contribution in [0.3, 0.4) is 0 Å². The maximum Gasteiger partial charge on any atom is 0.317 e. The third kappa shape index (κ3) is 0.742. The Bertz CT molecular complexity index is 103. The third-order valence-corrected chi connectivity index (χ3v) is 1.11. The van der Waals surface area contributed by atoms with E-state index < -0.39 is 6.23 Å². The van der Waals surface area contributed by atoms with Gasteiger partial charge in [-0.25, -0.2) is 4.79 Å². The van der Waals surface area contributed by atoms with Crippen LogP contribution in [0.25, 0.3) is 0 Å². The number of urea groups is 1. The van der Waals surface area contributed by atoms with E-state index in [1.807, 2.05) is 0 Å². The Balaban J connectivity index is 2.51. The molecule has 0 saturated carbocycles. The fraction of sp³-hybridized carbons (Fsp3) is 0.750. The first-order valence-corrected chi connectivity index (χ1v) is 2.45. The second-order valence-electron chi connectivity index (χ2n) is 1.85. The minimum atomic E-state index is -0.720. The fourth-order valence-corrected chi connectivity index (χ4v) is 0.587. The number of nitrogens with one attached hydrogen (secondary N) is 2. The molecule has 46 valence electrons. The third-order valence-electron chi connectivity index (χ3n) is 1.11. The number of carbonyl (C=O) groups is 1. The molecule has 3 N–H and O–H groups in total. The van der Waals surface area contributed by atoms with E-state index in [-0.39, 0.29) is 12.1 Å². The molecule has 0 aromatic rings. The van der Waals surface area contributed by atoms with E-state index in [1.54, 1.807) is 6.92 Å². The lowest BCUT2D eigenvalue weighted by Crippen LogP contribution is -2.29. The molecule has 1 saturated heterocycles. The van der Waals surface area contributed by atoms with Gasteiger partial charge in [0.2, 0.25) is 0 Å². The molecule has 0 aromatic heterocycles. The van der Waals surface area contributed by atoms with E-state index in [4.69, 9.17) is 5.11 Å². The first-order chi connectivity index (χ1) is 3.70. The van der Waals surface area contributed by atoms with Gasteiger partial charge in [-0.2, -0.15) is 0 Å². The minimum absolute atomic E-state index is 0.164. The van der Waals surface area contributed by atoms with Crippen molar-refractivity contribution >= 4 is 6.03 Å². The molecule has 2 amide bonds. The SMILES string of the molecule is CC1NC(=O)NC1O. The molecular weight excluding hydrogens is 108 g/mol. The van der Waals surface area contributed by atoms with E-state index in [1.165, 1.54) is 0 Å². The van der Waals surface area contributed by atoms with E-state index >= 15 is 0 Å². The van der Waals surface area contributed by atoms with Crippen molar-refractivity contribution in [2.45, 2.75) is 19.2 Å². The Morgan fingerprint density at radius 2 is 2.25 bits per heavy atom. The van der Waals surface area contributed by atoms with Gasteiger partial charge in [0, 0.05) is 0 Å². The van der Waals surface area contributed by atoms with Crippen molar-refractivity contribution < 1.29 is 9.90 Å². The topological polar surface area (TPSA) is 61.4 Å².